The van der Waals surface area contributed by atoms with E-state index in [1.807, 2.05) is 0 Å². The summed E-state index contributed by atoms with van der Waals surface area (Å²) in [7, 11) is 0. The molecular weight excluding hydrogens is 397 g/mol. The summed E-state index contributed by atoms with van der Waals surface area (Å²) in [5.41, 5.74) is 0. The molecular formula is C31H58BN. The number of hydrogen-bond donors (Lipinski definition) is 0. The van der Waals surface area contributed by atoms with Gasteiger partial charge < -0.3 is 4.81 Å². The third-order valence-electron chi connectivity index (χ3n) is 8.35. The van der Waals surface area contributed by atoms with Gasteiger partial charge in [0.2, 0.25) is 6.85 Å². The van der Waals surface area contributed by atoms with Crippen LogP contribution < -0.4 is 0 Å². The largest absolute Gasteiger partial charge is 0.337 e. The fourth-order valence-electron chi connectivity index (χ4n) is 6.53. The van der Waals surface area contributed by atoms with Gasteiger partial charge in [-0.1, -0.05) is 138 Å². The minimum atomic E-state index is 0.568. The molecule has 6 atom stereocenters. The van der Waals surface area contributed by atoms with Crippen LogP contribution in [0.15, 0.2) is 37.0 Å². The summed E-state index contributed by atoms with van der Waals surface area (Å²) in [6, 6.07) is 1.14. The molecule has 1 nitrogen and oxygen atoms in total. The highest BCUT2D eigenvalue weighted by Crippen LogP contribution is 2.43. The van der Waals surface area contributed by atoms with Crippen LogP contribution in [0.4, 0.5) is 0 Å². The average Bonchev–Trinajstić information content (AvgIpc) is 2.77. The van der Waals surface area contributed by atoms with E-state index >= 15 is 0 Å². The zero-order valence-corrected chi connectivity index (χ0v) is 23.9. The molecule has 0 amide bonds. The Morgan fingerprint density at radius 2 is 1.42 bits per heavy atom. The molecule has 0 aromatic rings. The van der Waals surface area contributed by atoms with Crippen LogP contribution in [0.5, 0.6) is 0 Å². The van der Waals surface area contributed by atoms with Crippen molar-refractivity contribution in [3.8, 4) is 0 Å². The van der Waals surface area contributed by atoms with Crippen molar-refractivity contribution in [2.24, 2.45) is 23.7 Å². The van der Waals surface area contributed by atoms with Gasteiger partial charge in [0.1, 0.15) is 0 Å². The molecule has 2 heteroatoms. The molecule has 1 rings (SSSR count). The van der Waals surface area contributed by atoms with Crippen LogP contribution in [0, 0.1) is 23.7 Å². The molecule has 1 aliphatic rings. The minimum Gasteiger partial charge on any atom is -0.337 e. The normalized spacial score (nSPS) is 22.1. The molecule has 6 unspecified atom stereocenters. The van der Waals surface area contributed by atoms with E-state index in [4.69, 9.17) is 0 Å². The number of nitrogens with zero attached hydrogens (tertiary/aromatic N) is 1. The van der Waals surface area contributed by atoms with Crippen molar-refractivity contribution < 1.29 is 0 Å². The van der Waals surface area contributed by atoms with E-state index in [0.717, 1.165) is 12.3 Å². The van der Waals surface area contributed by atoms with Gasteiger partial charge in [0.25, 0.3) is 0 Å². The Labute approximate surface area is 209 Å². The smallest absolute Gasteiger partial charge is 0.230 e. The molecule has 0 aromatic carbocycles. The zero-order valence-electron chi connectivity index (χ0n) is 23.9. The van der Waals surface area contributed by atoms with Crippen molar-refractivity contribution in [2.75, 3.05) is 0 Å². The lowest BCUT2D eigenvalue weighted by Crippen LogP contribution is -2.53. The second-order valence-electron chi connectivity index (χ2n) is 11.9. The van der Waals surface area contributed by atoms with Crippen molar-refractivity contribution >= 4 is 6.85 Å². The Morgan fingerprint density at radius 1 is 0.818 bits per heavy atom. The van der Waals surface area contributed by atoms with E-state index < -0.39 is 0 Å². The second-order valence-corrected chi connectivity index (χ2v) is 11.9. The monoisotopic (exact) mass is 455 g/mol. The third-order valence-corrected chi connectivity index (χ3v) is 8.35. The van der Waals surface area contributed by atoms with Gasteiger partial charge in [-0.05, 0) is 53.8 Å². The highest BCUT2D eigenvalue weighted by atomic mass is 15.1. The maximum atomic E-state index is 4.03. The van der Waals surface area contributed by atoms with Crippen molar-refractivity contribution in [1.29, 1.82) is 0 Å². The van der Waals surface area contributed by atoms with Crippen molar-refractivity contribution in [1.82, 2.24) is 4.81 Å². The lowest BCUT2D eigenvalue weighted by atomic mass is 9.37. The van der Waals surface area contributed by atoms with E-state index in [9.17, 15) is 0 Å². The Bertz CT molecular complexity index is 569. The predicted octanol–water partition coefficient (Wildman–Crippen LogP) is 9.83. The Balaban J connectivity index is 3.02. The van der Waals surface area contributed by atoms with E-state index in [2.05, 4.69) is 104 Å². The van der Waals surface area contributed by atoms with Gasteiger partial charge in [0.15, 0.2) is 0 Å². The molecule has 0 spiro atoms. The van der Waals surface area contributed by atoms with E-state index in [1.54, 1.807) is 0 Å². The third kappa shape index (κ3) is 9.79. The standard InChI is InChI=1S/C31H58BN/c1-11-13-14-15-19-26(7)22-23-28(9)32(33(24(3)4)25(5)6)29(10)31-21-17-16-20-30(31)27(8)18-12-2/h12,16-17,20-21,24-31H,2,11,13-15,18-19,22-23H2,1,3-10H3. The molecule has 190 valence electrons. The SMILES string of the molecule is C=CCC(C)C1C=CC=CC1C(C)B(C(C)CCC(C)CCCCCC)N(C(C)C)C(C)C. The van der Waals surface area contributed by atoms with Crippen LogP contribution in [0.2, 0.25) is 11.6 Å². The predicted molar refractivity (Wildman–Crippen MR) is 153 cm³/mol. The summed E-state index contributed by atoms with van der Waals surface area (Å²) >= 11 is 0. The first kappa shape index (κ1) is 30.3. The first-order valence-corrected chi connectivity index (χ1v) is 14.4. The summed E-state index contributed by atoms with van der Waals surface area (Å²) in [6.07, 6.45) is 22.5. The summed E-state index contributed by atoms with van der Waals surface area (Å²) in [4.78, 5) is 2.84. The van der Waals surface area contributed by atoms with E-state index in [-0.39, 0.29) is 0 Å². The van der Waals surface area contributed by atoms with Crippen molar-refractivity contribution in [3.05, 3.63) is 37.0 Å². The highest BCUT2D eigenvalue weighted by Gasteiger charge is 2.42. The summed E-state index contributed by atoms with van der Waals surface area (Å²) in [5.74, 6) is 4.03. The van der Waals surface area contributed by atoms with Crippen LogP contribution in [-0.2, 0) is 0 Å². The second kappa shape index (κ2) is 16.0. The molecule has 0 N–H and O–H groups in total. The number of hydrogen-bond acceptors (Lipinski definition) is 1. The first-order chi connectivity index (χ1) is 15.6. The molecule has 0 aliphatic heterocycles. The molecule has 0 fully saturated rings. The fraction of sp³-hybridized carbons (Fsp3) is 0.806. The Morgan fingerprint density at radius 3 is 1.97 bits per heavy atom. The molecule has 0 heterocycles. The van der Waals surface area contributed by atoms with Crippen LogP contribution in [0.25, 0.3) is 0 Å². The van der Waals surface area contributed by atoms with Gasteiger partial charge >= 0.3 is 0 Å². The van der Waals surface area contributed by atoms with Gasteiger partial charge in [0.05, 0.1) is 0 Å². The molecule has 0 bridgehead atoms. The number of rotatable bonds is 17. The zero-order chi connectivity index (χ0) is 25.0. The van der Waals surface area contributed by atoms with Crippen molar-refractivity contribution in [2.45, 2.75) is 137 Å². The maximum Gasteiger partial charge on any atom is 0.230 e. The maximum absolute atomic E-state index is 4.03. The van der Waals surface area contributed by atoms with Crippen LogP contribution in [0.1, 0.15) is 114 Å². The topological polar surface area (TPSA) is 3.24 Å². The average molecular weight is 456 g/mol. The lowest BCUT2D eigenvalue weighted by Gasteiger charge is -2.46. The first-order valence-electron chi connectivity index (χ1n) is 14.4. The quantitative estimate of drug-likeness (QED) is 0.120. The lowest BCUT2D eigenvalue weighted by molar-refractivity contribution is 0.271. The van der Waals surface area contributed by atoms with E-state index in [0.29, 0.717) is 48.3 Å². The molecule has 1 aliphatic carbocycles. The van der Waals surface area contributed by atoms with E-state index in [1.165, 1.54) is 44.9 Å². The van der Waals surface area contributed by atoms with Gasteiger partial charge in [-0.2, -0.15) is 0 Å². The number of unbranched alkanes of at least 4 members (excludes halogenated alkanes) is 3. The van der Waals surface area contributed by atoms with Crippen LogP contribution in [0.3, 0.4) is 0 Å². The molecule has 0 saturated carbocycles. The van der Waals surface area contributed by atoms with Gasteiger partial charge in [-0.15, -0.1) is 6.58 Å². The summed E-state index contributed by atoms with van der Waals surface area (Å²) in [5, 5.41) is 0. The molecule has 33 heavy (non-hydrogen) atoms. The molecule has 0 radical (unpaired) electrons. The van der Waals surface area contributed by atoms with Crippen molar-refractivity contribution in [3.63, 3.8) is 0 Å². The van der Waals surface area contributed by atoms with Gasteiger partial charge in [0, 0.05) is 0 Å². The summed E-state index contributed by atoms with van der Waals surface area (Å²) in [6.45, 7) is 26.5. The van der Waals surface area contributed by atoms with Crippen LogP contribution >= 0.6 is 0 Å². The summed E-state index contributed by atoms with van der Waals surface area (Å²) < 4.78 is 0. The van der Waals surface area contributed by atoms with Crippen LogP contribution in [-0.4, -0.2) is 23.7 Å². The fourth-order valence-corrected chi connectivity index (χ4v) is 6.53. The van der Waals surface area contributed by atoms with Gasteiger partial charge in [-0.25, -0.2) is 0 Å². The highest BCUT2D eigenvalue weighted by molar-refractivity contribution is 6.59. The number of allylic oxidation sites excluding steroid dienone is 5. The molecule has 0 aromatic heterocycles. The Hall–Kier alpha value is -0.755. The Kier molecular flexibility index (Phi) is 14.7. The molecule has 0 saturated heterocycles. The van der Waals surface area contributed by atoms with Gasteiger partial charge in [-0.3, -0.25) is 0 Å². The minimum absolute atomic E-state index is 0.568.